The quantitative estimate of drug-likeness (QED) is 0.614. The van der Waals surface area contributed by atoms with Gasteiger partial charge in [0.2, 0.25) is 0 Å². The molecule has 1 heterocycles. The van der Waals surface area contributed by atoms with Gasteiger partial charge in [0.15, 0.2) is 0 Å². The van der Waals surface area contributed by atoms with E-state index in [0.29, 0.717) is 24.2 Å². The van der Waals surface area contributed by atoms with Crippen LogP contribution in [-0.4, -0.2) is 18.2 Å². The summed E-state index contributed by atoms with van der Waals surface area (Å²) in [5.74, 6) is 0. The Morgan fingerprint density at radius 1 is 1.47 bits per heavy atom. The van der Waals surface area contributed by atoms with Crippen LogP contribution in [0.3, 0.4) is 0 Å². The predicted octanol–water partition coefficient (Wildman–Crippen LogP) is 2.68. The fraction of sp³-hybridized carbons (Fsp3) is 0.545. The van der Waals surface area contributed by atoms with E-state index in [0.717, 1.165) is 0 Å². The van der Waals surface area contributed by atoms with E-state index < -0.39 is 9.05 Å². The Hall–Kier alpha value is -0.810. The van der Waals surface area contributed by atoms with Crippen molar-refractivity contribution in [1.82, 2.24) is 9.78 Å². The van der Waals surface area contributed by atoms with Gasteiger partial charge in [0.25, 0.3) is 9.05 Å². The number of allylic oxidation sites excluding steroid dienone is 1. The van der Waals surface area contributed by atoms with Crippen LogP contribution < -0.4 is 0 Å². The smallest absolute Gasteiger partial charge is 0.261 e. The third-order valence-corrected chi connectivity index (χ3v) is 4.09. The summed E-state index contributed by atoms with van der Waals surface area (Å²) in [4.78, 5) is 0.165. The molecule has 6 heteroatoms. The van der Waals surface area contributed by atoms with E-state index in [1.807, 2.05) is 20.8 Å². The zero-order valence-electron chi connectivity index (χ0n) is 10.3. The standard InChI is InChI=1S/C11H17ClN2O2S/c1-5-8(4)14-10(7-3)11(17(12,15)16)9(6-2)13-14/h5,8H,1,6-7H2,2-4H3. The normalized spacial score (nSPS) is 13.6. The molecule has 0 N–H and O–H groups in total. The second kappa shape index (κ2) is 5.23. The molecule has 1 rings (SSSR count). The molecule has 0 spiro atoms. The van der Waals surface area contributed by atoms with Crippen molar-refractivity contribution in [1.29, 1.82) is 0 Å². The largest absolute Gasteiger partial charge is 0.264 e. The Kier molecular flexibility index (Phi) is 4.38. The summed E-state index contributed by atoms with van der Waals surface area (Å²) < 4.78 is 24.9. The minimum absolute atomic E-state index is 0.0533. The fourth-order valence-corrected chi connectivity index (χ4v) is 3.30. The molecule has 0 aliphatic rings. The topological polar surface area (TPSA) is 52.0 Å². The number of halogens is 1. The molecular weight excluding hydrogens is 260 g/mol. The first-order chi connectivity index (χ1) is 7.86. The summed E-state index contributed by atoms with van der Waals surface area (Å²) in [5.41, 5.74) is 1.16. The number of aryl methyl sites for hydroxylation is 1. The first kappa shape index (κ1) is 14.3. The third-order valence-electron chi connectivity index (χ3n) is 2.67. The van der Waals surface area contributed by atoms with Crippen LogP contribution in [0.15, 0.2) is 17.6 Å². The molecule has 0 radical (unpaired) electrons. The average Bonchev–Trinajstić information content (AvgIpc) is 2.65. The van der Waals surface area contributed by atoms with Crippen molar-refractivity contribution in [3.05, 3.63) is 24.0 Å². The lowest BCUT2D eigenvalue weighted by atomic mass is 10.2. The lowest BCUT2D eigenvalue weighted by Crippen LogP contribution is -2.09. The molecule has 0 saturated heterocycles. The first-order valence-electron chi connectivity index (χ1n) is 5.54. The maximum absolute atomic E-state index is 11.6. The van der Waals surface area contributed by atoms with E-state index in [4.69, 9.17) is 10.7 Å². The Morgan fingerprint density at radius 2 is 2.06 bits per heavy atom. The summed E-state index contributed by atoms with van der Waals surface area (Å²) in [6, 6.07) is -0.0533. The van der Waals surface area contributed by atoms with Crippen molar-refractivity contribution >= 4 is 19.7 Å². The number of nitrogens with zero attached hydrogens (tertiary/aromatic N) is 2. The highest BCUT2D eigenvalue weighted by Gasteiger charge is 2.26. The van der Waals surface area contributed by atoms with Gasteiger partial charge in [-0.05, 0) is 19.8 Å². The van der Waals surface area contributed by atoms with E-state index in [-0.39, 0.29) is 10.9 Å². The fourth-order valence-electron chi connectivity index (χ4n) is 1.78. The molecule has 17 heavy (non-hydrogen) atoms. The molecule has 0 bridgehead atoms. The number of hydrogen-bond donors (Lipinski definition) is 0. The second-order valence-electron chi connectivity index (χ2n) is 3.79. The van der Waals surface area contributed by atoms with Crippen molar-refractivity contribution < 1.29 is 8.42 Å². The van der Waals surface area contributed by atoms with Gasteiger partial charge in [0, 0.05) is 10.7 Å². The van der Waals surface area contributed by atoms with Crippen molar-refractivity contribution in [2.45, 2.75) is 44.6 Å². The minimum atomic E-state index is -3.75. The maximum atomic E-state index is 11.6. The van der Waals surface area contributed by atoms with E-state index in [2.05, 4.69) is 11.7 Å². The van der Waals surface area contributed by atoms with Crippen LogP contribution in [-0.2, 0) is 21.9 Å². The van der Waals surface area contributed by atoms with Gasteiger partial charge in [0.05, 0.1) is 17.4 Å². The number of aromatic nitrogens is 2. The molecule has 0 saturated carbocycles. The molecule has 1 aromatic rings. The summed E-state index contributed by atoms with van der Waals surface area (Å²) in [5, 5.41) is 4.32. The van der Waals surface area contributed by atoms with Crippen molar-refractivity contribution in [3.8, 4) is 0 Å². The highest BCUT2D eigenvalue weighted by atomic mass is 35.7. The Morgan fingerprint density at radius 3 is 2.41 bits per heavy atom. The summed E-state index contributed by atoms with van der Waals surface area (Å²) >= 11 is 0. The van der Waals surface area contributed by atoms with E-state index in [1.165, 1.54) is 0 Å². The Bertz CT molecular complexity index is 520. The molecule has 0 aromatic carbocycles. The molecule has 1 unspecified atom stereocenters. The van der Waals surface area contributed by atoms with Crippen LogP contribution in [0.25, 0.3) is 0 Å². The summed E-state index contributed by atoms with van der Waals surface area (Å²) in [7, 11) is 1.73. The van der Waals surface area contributed by atoms with Gasteiger partial charge in [-0.2, -0.15) is 5.10 Å². The number of rotatable bonds is 5. The van der Waals surface area contributed by atoms with Gasteiger partial charge in [-0.1, -0.05) is 19.9 Å². The van der Waals surface area contributed by atoms with Gasteiger partial charge < -0.3 is 0 Å². The van der Waals surface area contributed by atoms with Gasteiger partial charge in [-0.15, -0.1) is 6.58 Å². The molecular formula is C11H17ClN2O2S. The lowest BCUT2D eigenvalue weighted by molar-refractivity contribution is 0.548. The molecule has 0 fully saturated rings. The molecule has 4 nitrogen and oxygen atoms in total. The molecule has 0 aliphatic heterocycles. The highest BCUT2D eigenvalue weighted by Crippen LogP contribution is 2.27. The second-order valence-corrected chi connectivity index (χ2v) is 6.29. The van der Waals surface area contributed by atoms with Crippen LogP contribution in [0.5, 0.6) is 0 Å². The summed E-state index contributed by atoms with van der Waals surface area (Å²) in [6.07, 6.45) is 2.81. The molecule has 0 amide bonds. The van der Waals surface area contributed by atoms with Crippen LogP contribution in [0.4, 0.5) is 0 Å². The minimum Gasteiger partial charge on any atom is -0.261 e. The van der Waals surface area contributed by atoms with Crippen molar-refractivity contribution in [2.24, 2.45) is 0 Å². The zero-order valence-corrected chi connectivity index (χ0v) is 11.8. The maximum Gasteiger partial charge on any atom is 0.264 e. The molecule has 1 atom stereocenters. The predicted molar refractivity (Wildman–Crippen MR) is 68.9 cm³/mol. The van der Waals surface area contributed by atoms with Gasteiger partial charge in [0.1, 0.15) is 4.90 Å². The molecule has 96 valence electrons. The van der Waals surface area contributed by atoms with Crippen LogP contribution >= 0.6 is 10.7 Å². The van der Waals surface area contributed by atoms with Gasteiger partial charge in [-0.25, -0.2) is 8.42 Å². The SMILES string of the molecule is C=CC(C)n1nc(CC)c(S(=O)(=O)Cl)c1CC. The average molecular weight is 277 g/mol. The van der Waals surface area contributed by atoms with Crippen molar-refractivity contribution in [3.63, 3.8) is 0 Å². The Labute approximate surface area is 107 Å². The zero-order chi connectivity index (χ0) is 13.2. The van der Waals surface area contributed by atoms with Gasteiger partial charge in [-0.3, -0.25) is 4.68 Å². The van der Waals surface area contributed by atoms with Crippen LogP contribution in [0, 0.1) is 0 Å². The molecule has 1 aromatic heterocycles. The Balaban J connectivity index is 3.58. The van der Waals surface area contributed by atoms with Crippen molar-refractivity contribution in [2.75, 3.05) is 0 Å². The van der Waals surface area contributed by atoms with E-state index in [9.17, 15) is 8.42 Å². The van der Waals surface area contributed by atoms with Crippen LogP contribution in [0.2, 0.25) is 0 Å². The third kappa shape index (κ3) is 2.72. The first-order valence-corrected chi connectivity index (χ1v) is 7.85. The monoisotopic (exact) mass is 276 g/mol. The van der Waals surface area contributed by atoms with E-state index >= 15 is 0 Å². The van der Waals surface area contributed by atoms with E-state index in [1.54, 1.807) is 10.8 Å². The van der Waals surface area contributed by atoms with Gasteiger partial charge >= 0.3 is 0 Å². The van der Waals surface area contributed by atoms with Crippen LogP contribution in [0.1, 0.15) is 38.2 Å². The summed E-state index contributed by atoms with van der Waals surface area (Å²) in [6.45, 7) is 9.34. The highest BCUT2D eigenvalue weighted by molar-refractivity contribution is 8.13. The lowest BCUT2D eigenvalue weighted by Gasteiger charge is -2.10. The number of hydrogen-bond acceptors (Lipinski definition) is 3. The molecule has 0 aliphatic carbocycles.